The van der Waals surface area contributed by atoms with E-state index in [4.69, 9.17) is 15.0 Å². The maximum Gasteiger partial charge on any atom is 0.249 e. The molecule has 0 aliphatic rings. The van der Waals surface area contributed by atoms with E-state index < -0.39 is 6.16 Å². The Kier molecular flexibility index (Phi) is 6.65. The minimum Gasteiger partial charge on any atom is -0.565 e. The Bertz CT molecular complexity index is 29.9. The Morgan fingerprint density at radius 2 is 1.80 bits per heavy atom. The van der Waals surface area contributed by atoms with Crippen LogP contribution in [0.1, 0.15) is 0 Å². The Hall–Kier alpha value is -0.236. The van der Waals surface area contributed by atoms with Crippen molar-refractivity contribution in [1.82, 2.24) is 0 Å². The van der Waals surface area contributed by atoms with Gasteiger partial charge in [0.25, 0.3) is 0 Å². The van der Waals surface area contributed by atoms with Crippen LogP contribution in [0.5, 0.6) is 0 Å². The van der Waals surface area contributed by atoms with Gasteiger partial charge in [-0.25, -0.2) is 0 Å². The zero-order chi connectivity index (χ0) is 3.58. The smallest absolute Gasteiger partial charge is 0.249 e. The van der Waals surface area contributed by atoms with Crippen molar-refractivity contribution in [3.05, 3.63) is 0 Å². The molecule has 1 N–H and O–H groups in total. The van der Waals surface area contributed by atoms with E-state index in [-0.39, 0.29) is 16.5 Å². The molecule has 3 nitrogen and oxygen atoms in total. The van der Waals surface area contributed by atoms with Crippen LogP contribution in [0, 0.1) is 0 Å². The van der Waals surface area contributed by atoms with Crippen molar-refractivity contribution >= 4 is 6.16 Å². The van der Waals surface area contributed by atoms with Crippen molar-refractivity contribution < 1.29 is 31.5 Å². The summed E-state index contributed by atoms with van der Waals surface area (Å²) in [5, 5.41) is 15.3. The Balaban J connectivity index is 0. The molecule has 0 aromatic rings. The summed E-state index contributed by atoms with van der Waals surface area (Å²) >= 11 is 0. The molecule has 0 saturated heterocycles. The predicted octanol–water partition coefficient (Wildman–Crippen LogP) is -1.11. The number of rotatable bonds is 0. The summed E-state index contributed by atoms with van der Waals surface area (Å²) in [4.78, 5) is 8.44. The molecule has 5 heavy (non-hydrogen) atoms. The summed E-state index contributed by atoms with van der Waals surface area (Å²) in [7, 11) is 0. The second kappa shape index (κ2) is 3.76. The third-order valence-electron chi connectivity index (χ3n) is 0. The predicted molar refractivity (Wildman–Crippen MR) is 8.02 cm³/mol. The maximum atomic E-state index is 8.44. The van der Waals surface area contributed by atoms with Gasteiger partial charge in [0, 0.05) is 16.5 Å². The fourth-order valence-corrected chi connectivity index (χ4v) is 0. The van der Waals surface area contributed by atoms with Crippen LogP contribution in [0.25, 0.3) is 0 Å². The van der Waals surface area contributed by atoms with Gasteiger partial charge >= 0.3 is 0 Å². The van der Waals surface area contributed by atoms with Crippen molar-refractivity contribution in [3.8, 4) is 0 Å². The second-order valence-electron chi connectivity index (χ2n) is 0.266. The standard InChI is InChI=1S/CH2O3.Ni/c2-1(3)4;/h(H2,2,3,4);/p-1. The summed E-state index contributed by atoms with van der Waals surface area (Å²) in [6.07, 6.45) is -2.08. The van der Waals surface area contributed by atoms with E-state index in [0.29, 0.717) is 0 Å². The maximum absolute atomic E-state index is 8.44. The van der Waals surface area contributed by atoms with Crippen LogP contribution in [0.3, 0.4) is 0 Å². The first-order chi connectivity index (χ1) is 1.73. The van der Waals surface area contributed by atoms with Gasteiger partial charge in [-0.05, 0) is 0 Å². The van der Waals surface area contributed by atoms with Crippen LogP contribution in [0.15, 0.2) is 0 Å². The van der Waals surface area contributed by atoms with Crippen LogP contribution >= 0.6 is 0 Å². The molecule has 34 valence electrons. The average molecular weight is 120 g/mol. The van der Waals surface area contributed by atoms with E-state index in [2.05, 4.69) is 0 Å². The van der Waals surface area contributed by atoms with E-state index >= 15 is 0 Å². The summed E-state index contributed by atoms with van der Waals surface area (Å²) in [5.41, 5.74) is 0. The molecule has 0 bridgehead atoms. The molecule has 0 heterocycles. The topological polar surface area (TPSA) is 60.4 Å². The van der Waals surface area contributed by atoms with Gasteiger partial charge in [-0.3, -0.25) is 0 Å². The fraction of sp³-hybridized carbons (Fsp3) is 0. The molecule has 0 saturated carbocycles. The molecule has 0 aliphatic heterocycles. The van der Waals surface area contributed by atoms with Crippen LogP contribution in [0.2, 0.25) is 0 Å². The van der Waals surface area contributed by atoms with E-state index in [1.54, 1.807) is 0 Å². The summed E-state index contributed by atoms with van der Waals surface area (Å²) < 4.78 is 0. The van der Waals surface area contributed by atoms with Gasteiger partial charge in [-0.15, -0.1) is 0 Å². The Morgan fingerprint density at radius 3 is 1.80 bits per heavy atom. The van der Waals surface area contributed by atoms with E-state index in [0.717, 1.165) is 0 Å². The van der Waals surface area contributed by atoms with Gasteiger partial charge in [0.2, 0.25) is 6.16 Å². The van der Waals surface area contributed by atoms with Gasteiger partial charge < -0.3 is 15.0 Å². The average Bonchev–Trinajstić information content (AvgIpc) is 0.811. The molecule has 0 rings (SSSR count). The molecule has 4 heteroatoms. The van der Waals surface area contributed by atoms with Gasteiger partial charge in [0.05, 0.1) is 0 Å². The third kappa shape index (κ3) is 209. The minimum absolute atomic E-state index is 0. The summed E-state index contributed by atoms with van der Waals surface area (Å²) in [5.74, 6) is 0. The Morgan fingerprint density at radius 1 is 1.80 bits per heavy atom. The molecular weight excluding hydrogens is 119 g/mol. The zero-order valence-electron chi connectivity index (χ0n) is 2.08. The third-order valence-corrected chi connectivity index (χ3v) is 0. The molecule has 0 spiro atoms. The molecule has 0 aliphatic carbocycles. The van der Waals surface area contributed by atoms with Crippen LogP contribution in [0.4, 0.5) is 4.79 Å². The monoisotopic (exact) mass is 119 g/mol. The first-order valence-corrected chi connectivity index (χ1v) is 0.632. The zero-order valence-corrected chi connectivity index (χ0v) is 3.07. The first kappa shape index (κ1) is 8.83. The van der Waals surface area contributed by atoms with E-state index in [1.807, 2.05) is 0 Å². The molecular formula is CHNiO3-. The van der Waals surface area contributed by atoms with Crippen molar-refractivity contribution in [3.63, 3.8) is 0 Å². The van der Waals surface area contributed by atoms with Crippen LogP contribution < -0.4 is 5.11 Å². The SMILES string of the molecule is O=C([O-])O.[Ni]. The van der Waals surface area contributed by atoms with Crippen LogP contribution in [-0.4, -0.2) is 11.3 Å². The van der Waals surface area contributed by atoms with Crippen molar-refractivity contribution in [2.45, 2.75) is 0 Å². The number of hydrogen-bond donors (Lipinski definition) is 1. The molecule has 0 aromatic carbocycles. The summed E-state index contributed by atoms with van der Waals surface area (Å²) in [6, 6.07) is 0. The van der Waals surface area contributed by atoms with Crippen molar-refractivity contribution in [1.29, 1.82) is 0 Å². The normalized spacial score (nSPS) is 4.80. The quantitative estimate of drug-likeness (QED) is 0.412. The molecule has 0 amide bonds. The molecule has 0 unspecified atom stereocenters. The van der Waals surface area contributed by atoms with Gasteiger partial charge in [-0.2, -0.15) is 0 Å². The Labute approximate surface area is 38.5 Å². The number of hydrogen-bond acceptors (Lipinski definition) is 2. The summed E-state index contributed by atoms with van der Waals surface area (Å²) in [6.45, 7) is 0. The minimum atomic E-state index is -2.08. The molecule has 0 aromatic heterocycles. The second-order valence-corrected chi connectivity index (χ2v) is 0.266. The van der Waals surface area contributed by atoms with Crippen molar-refractivity contribution in [2.75, 3.05) is 0 Å². The van der Waals surface area contributed by atoms with Gasteiger partial charge in [0.1, 0.15) is 0 Å². The van der Waals surface area contributed by atoms with Gasteiger partial charge in [-0.1, -0.05) is 0 Å². The number of carboxylic acid groups (broad SMARTS) is 2. The molecule has 0 atom stereocenters. The molecule has 0 radical (unpaired) electrons. The van der Waals surface area contributed by atoms with E-state index in [9.17, 15) is 0 Å². The van der Waals surface area contributed by atoms with Crippen LogP contribution in [-0.2, 0) is 16.5 Å². The van der Waals surface area contributed by atoms with E-state index in [1.165, 1.54) is 0 Å². The molecule has 0 fully saturated rings. The largest absolute Gasteiger partial charge is 0.565 e. The first-order valence-electron chi connectivity index (χ1n) is 0.632. The van der Waals surface area contributed by atoms with Crippen molar-refractivity contribution in [2.24, 2.45) is 0 Å². The van der Waals surface area contributed by atoms with Gasteiger partial charge in [0.15, 0.2) is 0 Å². The fourth-order valence-electron chi connectivity index (χ4n) is 0. The number of carbonyl (C=O) groups is 1.